The molecule has 0 aromatic carbocycles. The molecule has 0 radical (unpaired) electrons. The Hall–Kier alpha value is -2.94. The standard InChI is InChI=1S/C16H17N3O4.CH2O2/c1-10-3-2-4-19-6-11(17-12(10)19)5-18-8-15(13(20)21)7-16(15,9-18)14(22)23;2-1-3/h2-4,6H,5,7-9H2,1H3,(H,20,21)(H,22,23);1H,(H,2,3)/t15-,16+;. The van der Waals surface area contributed by atoms with E-state index in [2.05, 4.69) is 4.98 Å². The van der Waals surface area contributed by atoms with Gasteiger partial charge in [-0.05, 0) is 25.0 Å². The highest BCUT2D eigenvalue weighted by molar-refractivity contribution is 5.94. The number of imidazole rings is 1. The average molecular weight is 361 g/mol. The van der Waals surface area contributed by atoms with Gasteiger partial charge in [-0.15, -0.1) is 0 Å². The number of carbonyl (C=O) groups is 3. The second kappa shape index (κ2) is 6.10. The summed E-state index contributed by atoms with van der Waals surface area (Å²) >= 11 is 0. The van der Waals surface area contributed by atoms with Crippen LogP contribution in [0.1, 0.15) is 17.7 Å². The number of piperidine rings is 1. The molecule has 26 heavy (non-hydrogen) atoms. The maximum absolute atomic E-state index is 11.5. The SMILES string of the molecule is Cc1cccn2cc(CN3C[C@@]4(C(=O)O)C[C@@]4(C(=O)O)C3)nc12.O=CO. The molecule has 1 aliphatic heterocycles. The van der Waals surface area contributed by atoms with Gasteiger partial charge in [0.25, 0.3) is 6.47 Å². The quantitative estimate of drug-likeness (QED) is 0.678. The van der Waals surface area contributed by atoms with Crippen molar-refractivity contribution in [1.29, 1.82) is 0 Å². The number of fused-ring (bicyclic) bond motifs is 2. The molecule has 4 rings (SSSR count). The van der Waals surface area contributed by atoms with Gasteiger partial charge < -0.3 is 19.7 Å². The lowest BCUT2D eigenvalue weighted by atomic mass is 9.97. The Labute approximate surface area is 148 Å². The fourth-order valence-electron chi connectivity index (χ4n) is 4.02. The van der Waals surface area contributed by atoms with E-state index in [-0.39, 0.29) is 26.0 Å². The summed E-state index contributed by atoms with van der Waals surface area (Å²) in [5, 5.41) is 25.8. The average Bonchev–Trinajstić information content (AvgIpc) is 2.88. The van der Waals surface area contributed by atoms with Gasteiger partial charge in [-0.25, -0.2) is 4.98 Å². The van der Waals surface area contributed by atoms with Crippen LogP contribution in [0.15, 0.2) is 24.5 Å². The van der Waals surface area contributed by atoms with Crippen molar-refractivity contribution in [3.8, 4) is 0 Å². The Morgan fingerprint density at radius 2 is 1.85 bits per heavy atom. The first kappa shape index (κ1) is 17.9. The molecule has 3 heterocycles. The molecule has 1 aliphatic carbocycles. The molecule has 0 unspecified atom stereocenters. The van der Waals surface area contributed by atoms with Gasteiger partial charge in [-0.1, -0.05) is 6.07 Å². The van der Waals surface area contributed by atoms with E-state index in [4.69, 9.17) is 9.90 Å². The molecule has 2 atom stereocenters. The molecule has 2 aromatic heterocycles. The van der Waals surface area contributed by atoms with E-state index in [0.717, 1.165) is 16.9 Å². The third-order valence-corrected chi connectivity index (χ3v) is 5.31. The molecule has 138 valence electrons. The number of hydrogen-bond acceptors (Lipinski definition) is 5. The Bertz CT molecular complexity index is 866. The molecule has 1 saturated heterocycles. The normalized spacial score (nSPS) is 26.7. The van der Waals surface area contributed by atoms with Gasteiger partial charge in [-0.3, -0.25) is 19.3 Å². The number of likely N-dealkylation sites (tertiary alicyclic amines) is 1. The number of carboxylic acid groups (broad SMARTS) is 3. The number of pyridine rings is 1. The van der Waals surface area contributed by atoms with Crippen LogP contribution in [-0.4, -0.2) is 61.1 Å². The van der Waals surface area contributed by atoms with Crippen molar-refractivity contribution >= 4 is 24.1 Å². The van der Waals surface area contributed by atoms with E-state index in [1.165, 1.54) is 0 Å². The van der Waals surface area contributed by atoms with E-state index in [9.17, 15) is 19.8 Å². The van der Waals surface area contributed by atoms with Crippen LogP contribution in [0, 0.1) is 17.8 Å². The second-order valence-electron chi connectivity index (χ2n) is 6.86. The Kier molecular flexibility index (Phi) is 4.19. The van der Waals surface area contributed by atoms with Crippen molar-refractivity contribution in [2.45, 2.75) is 19.9 Å². The summed E-state index contributed by atoms with van der Waals surface area (Å²) in [6.07, 6.45) is 4.05. The van der Waals surface area contributed by atoms with E-state index < -0.39 is 22.8 Å². The summed E-state index contributed by atoms with van der Waals surface area (Å²) in [5.41, 5.74) is 0.489. The summed E-state index contributed by atoms with van der Waals surface area (Å²) in [5.74, 6) is -2.01. The van der Waals surface area contributed by atoms with Gasteiger partial charge >= 0.3 is 11.9 Å². The number of hydrogen-bond donors (Lipinski definition) is 3. The first-order valence-electron chi connectivity index (χ1n) is 8.00. The third-order valence-electron chi connectivity index (χ3n) is 5.31. The summed E-state index contributed by atoms with van der Waals surface area (Å²) in [6, 6.07) is 3.92. The first-order chi connectivity index (χ1) is 12.3. The van der Waals surface area contributed by atoms with E-state index >= 15 is 0 Å². The van der Waals surface area contributed by atoms with Gasteiger partial charge in [-0.2, -0.15) is 0 Å². The number of nitrogens with zero attached hydrogens (tertiary/aromatic N) is 3. The van der Waals surface area contributed by atoms with Crippen LogP contribution in [0.3, 0.4) is 0 Å². The highest BCUT2D eigenvalue weighted by Crippen LogP contribution is 2.68. The smallest absolute Gasteiger partial charge is 0.312 e. The van der Waals surface area contributed by atoms with Crippen LogP contribution < -0.4 is 0 Å². The zero-order valence-electron chi connectivity index (χ0n) is 14.1. The van der Waals surface area contributed by atoms with Crippen LogP contribution in [0.2, 0.25) is 0 Å². The predicted molar refractivity (Wildman–Crippen MR) is 88.7 cm³/mol. The number of aliphatic carboxylic acids is 2. The van der Waals surface area contributed by atoms with Crippen molar-refractivity contribution < 1.29 is 29.7 Å². The van der Waals surface area contributed by atoms with Crippen molar-refractivity contribution in [2.24, 2.45) is 10.8 Å². The highest BCUT2D eigenvalue weighted by atomic mass is 16.4. The maximum Gasteiger partial charge on any atom is 0.312 e. The zero-order chi connectivity index (χ0) is 19.1. The minimum absolute atomic E-state index is 0.228. The lowest BCUT2D eigenvalue weighted by molar-refractivity contribution is -0.151. The monoisotopic (exact) mass is 361 g/mol. The van der Waals surface area contributed by atoms with Crippen molar-refractivity contribution in [2.75, 3.05) is 13.1 Å². The van der Waals surface area contributed by atoms with Gasteiger partial charge in [0.1, 0.15) is 5.65 Å². The molecule has 0 amide bonds. The van der Waals surface area contributed by atoms with Crippen LogP contribution >= 0.6 is 0 Å². The van der Waals surface area contributed by atoms with Crippen molar-refractivity contribution in [3.05, 3.63) is 35.8 Å². The van der Waals surface area contributed by atoms with E-state index in [1.807, 2.05) is 40.8 Å². The minimum atomic E-state index is -1.13. The fraction of sp³-hybridized carbons (Fsp3) is 0.412. The van der Waals surface area contributed by atoms with Crippen LogP contribution in [0.25, 0.3) is 5.65 Å². The summed E-state index contributed by atoms with van der Waals surface area (Å²) < 4.78 is 1.93. The topological polar surface area (TPSA) is 132 Å². The summed E-state index contributed by atoms with van der Waals surface area (Å²) in [6.45, 7) is 2.73. The van der Waals surface area contributed by atoms with Gasteiger partial charge in [0.05, 0.1) is 16.5 Å². The molecule has 2 aromatic rings. The number of carboxylic acids is 2. The molecule has 2 fully saturated rings. The molecule has 9 heteroatoms. The second-order valence-corrected chi connectivity index (χ2v) is 6.86. The van der Waals surface area contributed by atoms with Gasteiger partial charge in [0.15, 0.2) is 0 Å². The van der Waals surface area contributed by atoms with E-state index in [0.29, 0.717) is 6.54 Å². The molecule has 0 bridgehead atoms. The largest absolute Gasteiger partial charge is 0.483 e. The maximum atomic E-state index is 11.5. The third kappa shape index (κ3) is 2.51. The number of aryl methyl sites for hydroxylation is 1. The molecular weight excluding hydrogens is 342 g/mol. The fourth-order valence-corrected chi connectivity index (χ4v) is 4.02. The minimum Gasteiger partial charge on any atom is -0.483 e. The molecule has 9 nitrogen and oxygen atoms in total. The zero-order valence-corrected chi connectivity index (χ0v) is 14.1. The Morgan fingerprint density at radius 1 is 1.27 bits per heavy atom. The van der Waals surface area contributed by atoms with E-state index in [1.54, 1.807) is 0 Å². The molecular formula is C17H19N3O6. The highest BCUT2D eigenvalue weighted by Gasteiger charge is 2.80. The van der Waals surface area contributed by atoms with Crippen LogP contribution in [0.4, 0.5) is 0 Å². The van der Waals surface area contributed by atoms with Gasteiger partial charge in [0, 0.05) is 32.0 Å². The predicted octanol–water partition coefficient (Wildman–Crippen LogP) is 0.705. The first-order valence-corrected chi connectivity index (χ1v) is 8.00. The number of rotatable bonds is 4. The number of aromatic nitrogens is 2. The van der Waals surface area contributed by atoms with Crippen LogP contribution in [0.5, 0.6) is 0 Å². The molecule has 3 N–H and O–H groups in total. The van der Waals surface area contributed by atoms with Crippen molar-refractivity contribution in [1.82, 2.24) is 14.3 Å². The van der Waals surface area contributed by atoms with Crippen molar-refractivity contribution in [3.63, 3.8) is 0 Å². The summed E-state index contributed by atoms with van der Waals surface area (Å²) in [7, 11) is 0. The van der Waals surface area contributed by atoms with Crippen LogP contribution in [-0.2, 0) is 20.9 Å². The lowest BCUT2D eigenvalue weighted by Gasteiger charge is -2.17. The van der Waals surface area contributed by atoms with Gasteiger partial charge in [0.2, 0.25) is 0 Å². The Morgan fingerprint density at radius 3 is 2.35 bits per heavy atom. The molecule has 2 aliphatic rings. The lowest BCUT2D eigenvalue weighted by Crippen LogP contribution is -2.28. The summed E-state index contributed by atoms with van der Waals surface area (Å²) in [4.78, 5) is 37.9. The Balaban J connectivity index is 0.000000613. The molecule has 1 saturated carbocycles. The molecule has 0 spiro atoms.